The molecule has 0 radical (unpaired) electrons. The zero-order chi connectivity index (χ0) is 21.5. The van der Waals surface area contributed by atoms with Crippen LogP contribution < -0.4 is 10.1 Å². The van der Waals surface area contributed by atoms with Crippen molar-refractivity contribution in [1.29, 1.82) is 5.26 Å². The van der Waals surface area contributed by atoms with Gasteiger partial charge in [-0.05, 0) is 65.2 Å². The van der Waals surface area contributed by atoms with E-state index in [-0.39, 0.29) is 11.4 Å². The zero-order valence-corrected chi connectivity index (χ0v) is 16.9. The van der Waals surface area contributed by atoms with Gasteiger partial charge in [0.25, 0.3) is 5.91 Å². The van der Waals surface area contributed by atoms with Gasteiger partial charge >= 0.3 is 0 Å². The molecule has 0 heterocycles. The SMILES string of the molecule is COc1cc(/C=C(\C#N)C(=O)Nc2ccc(Cl)cc2)ccc1Cc1cccc(F)c1. The number of nitriles is 1. The van der Waals surface area contributed by atoms with E-state index < -0.39 is 5.91 Å². The average molecular weight is 421 g/mol. The minimum absolute atomic E-state index is 0.0510. The number of rotatable bonds is 6. The Hall–Kier alpha value is -3.62. The van der Waals surface area contributed by atoms with E-state index in [1.165, 1.54) is 25.3 Å². The normalized spacial score (nSPS) is 10.9. The van der Waals surface area contributed by atoms with Gasteiger partial charge in [0, 0.05) is 17.1 Å². The summed E-state index contributed by atoms with van der Waals surface area (Å²) in [5, 5.41) is 12.6. The number of benzene rings is 3. The molecule has 1 amide bonds. The number of carbonyl (C=O) groups is 1. The molecule has 0 bridgehead atoms. The Morgan fingerprint density at radius 2 is 1.93 bits per heavy atom. The molecular weight excluding hydrogens is 403 g/mol. The fraction of sp³-hybridized carbons (Fsp3) is 0.0833. The van der Waals surface area contributed by atoms with Crippen LogP contribution >= 0.6 is 11.6 Å². The van der Waals surface area contributed by atoms with Crippen LogP contribution in [-0.4, -0.2) is 13.0 Å². The first-order valence-corrected chi connectivity index (χ1v) is 9.46. The Morgan fingerprint density at radius 3 is 2.60 bits per heavy atom. The van der Waals surface area contributed by atoms with Crippen LogP contribution in [0.15, 0.2) is 72.3 Å². The van der Waals surface area contributed by atoms with Crippen LogP contribution in [0.25, 0.3) is 6.08 Å². The van der Waals surface area contributed by atoms with Crippen molar-refractivity contribution in [3.05, 3.63) is 99.8 Å². The second-order valence-electron chi connectivity index (χ2n) is 6.51. The summed E-state index contributed by atoms with van der Waals surface area (Å²) in [5.41, 5.74) is 2.80. The lowest BCUT2D eigenvalue weighted by molar-refractivity contribution is -0.112. The number of halogens is 2. The summed E-state index contributed by atoms with van der Waals surface area (Å²) in [5.74, 6) is -0.234. The third-order valence-corrected chi connectivity index (χ3v) is 4.62. The number of methoxy groups -OCH3 is 1. The smallest absolute Gasteiger partial charge is 0.266 e. The van der Waals surface area contributed by atoms with E-state index in [4.69, 9.17) is 16.3 Å². The number of hydrogen-bond donors (Lipinski definition) is 1. The summed E-state index contributed by atoms with van der Waals surface area (Å²) in [6.07, 6.45) is 1.98. The quantitative estimate of drug-likeness (QED) is 0.415. The van der Waals surface area contributed by atoms with Crippen LogP contribution in [0.4, 0.5) is 10.1 Å². The Morgan fingerprint density at radius 1 is 1.17 bits per heavy atom. The van der Waals surface area contributed by atoms with Crippen LogP contribution in [-0.2, 0) is 11.2 Å². The summed E-state index contributed by atoms with van der Waals surface area (Å²) in [6.45, 7) is 0. The molecule has 0 spiro atoms. The van der Waals surface area contributed by atoms with Gasteiger partial charge in [-0.15, -0.1) is 0 Å². The van der Waals surface area contributed by atoms with Crippen molar-refractivity contribution in [3.8, 4) is 11.8 Å². The molecule has 0 aliphatic heterocycles. The molecule has 3 aromatic carbocycles. The van der Waals surface area contributed by atoms with Crippen LogP contribution in [0, 0.1) is 17.1 Å². The highest BCUT2D eigenvalue weighted by Crippen LogP contribution is 2.25. The molecule has 4 nitrogen and oxygen atoms in total. The highest BCUT2D eigenvalue weighted by Gasteiger charge is 2.11. The standard InChI is InChI=1S/C24H18ClFN2O2/c1-30-23-14-17(5-6-18(23)11-16-3-2-4-21(26)13-16)12-19(15-27)24(29)28-22-9-7-20(25)8-10-22/h2-10,12-14H,11H2,1H3,(H,28,29)/b19-12+. The van der Waals surface area contributed by atoms with Crippen molar-refractivity contribution in [2.75, 3.05) is 12.4 Å². The van der Waals surface area contributed by atoms with Gasteiger partial charge in [-0.2, -0.15) is 5.26 Å². The average Bonchev–Trinajstić information content (AvgIpc) is 2.74. The predicted octanol–water partition coefficient (Wildman–Crippen LogP) is 5.62. The monoisotopic (exact) mass is 420 g/mol. The molecule has 6 heteroatoms. The predicted molar refractivity (Wildman–Crippen MR) is 116 cm³/mol. The number of carbonyl (C=O) groups excluding carboxylic acids is 1. The highest BCUT2D eigenvalue weighted by atomic mass is 35.5. The van der Waals surface area contributed by atoms with Crippen molar-refractivity contribution >= 4 is 29.3 Å². The van der Waals surface area contributed by atoms with Gasteiger partial charge in [0.05, 0.1) is 7.11 Å². The molecule has 0 aliphatic rings. The van der Waals surface area contributed by atoms with Gasteiger partial charge in [0.15, 0.2) is 0 Å². The summed E-state index contributed by atoms with van der Waals surface area (Å²) >= 11 is 5.84. The second kappa shape index (κ2) is 9.73. The summed E-state index contributed by atoms with van der Waals surface area (Å²) in [7, 11) is 1.54. The molecule has 0 aliphatic carbocycles. The molecule has 0 saturated heterocycles. The van der Waals surface area contributed by atoms with Crippen molar-refractivity contribution in [1.82, 2.24) is 0 Å². The summed E-state index contributed by atoms with van der Waals surface area (Å²) in [4.78, 5) is 12.4. The summed E-state index contributed by atoms with van der Waals surface area (Å²) in [6, 6.07) is 20.2. The van der Waals surface area contributed by atoms with Gasteiger partial charge < -0.3 is 10.1 Å². The lowest BCUT2D eigenvalue weighted by Gasteiger charge is -2.10. The van der Waals surface area contributed by atoms with E-state index in [0.717, 1.165) is 11.1 Å². The molecule has 0 unspecified atom stereocenters. The van der Waals surface area contributed by atoms with Gasteiger partial charge in [-0.25, -0.2) is 4.39 Å². The topological polar surface area (TPSA) is 62.1 Å². The lowest BCUT2D eigenvalue weighted by Crippen LogP contribution is -2.13. The Kier molecular flexibility index (Phi) is 6.84. The number of anilines is 1. The van der Waals surface area contributed by atoms with E-state index in [2.05, 4.69) is 5.32 Å². The maximum absolute atomic E-state index is 13.4. The number of ether oxygens (including phenoxy) is 1. The highest BCUT2D eigenvalue weighted by molar-refractivity contribution is 6.30. The Balaban J connectivity index is 1.81. The molecule has 30 heavy (non-hydrogen) atoms. The van der Waals surface area contributed by atoms with E-state index in [1.54, 1.807) is 42.5 Å². The first-order chi connectivity index (χ1) is 14.5. The molecule has 0 aromatic heterocycles. The first-order valence-electron chi connectivity index (χ1n) is 9.08. The molecule has 3 aromatic rings. The van der Waals surface area contributed by atoms with Crippen LogP contribution in [0.2, 0.25) is 5.02 Å². The fourth-order valence-electron chi connectivity index (χ4n) is 2.91. The van der Waals surface area contributed by atoms with Crippen molar-refractivity contribution in [2.45, 2.75) is 6.42 Å². The number of amides is 1. The molecule has 150 valence electrons. The van der Waals surface area contributed by atoms with E-state index in [1.807, 2.05) is 18.2 Å². The third kappa shape index (κ3) is 5.47. The van der Waals surface area contributed by atoms with E-state index >= 15 is 0 Å². The number of nitrogens with one attached hydrogen (secondary N) is 1. The van der Waals surface area contributed by atoms with Gasteiger partial charge in [-0.3, -0.25) is 4.79 Å². The van der Waals surface area contributed by atoms with Gasteiger partial charge in [-0.1, -0.05) is 35.9 Å². The maximum atomic E-state index is 13.4. The fourth-order valence-corrected chi connectivity index (χ4v) is 3.04. The van der Waals surface area contributed by atoms with Gasteiger partial charge in [0.2, 0.25) is 0 Å². The zero-order valence-electron chi connectivity index (χ0n) is 16.2. The minimum atomic E-state index is -0.525. The Labute approximate surface area is 179 Å². The lowest BCUT2D eigenvalue weighted by atomic mass is 10.0. The number of nitrogens with zero attached hydrogens (tertiary/aromatic N) is 1. The second-order valence-corrected chi connectivity index (χ2v) is 6.95. The van der Waals surface area contributed by atoms with Crippen LogP contribution in [0.5, 0.6) is 5.75 Å². The maximum Gasteiger partial charge on any atom is 0.266 e. The molecule has 1 N–H and O–H groups in total. The van der Waals surface area contributed by atoms with Crippen molar-refractivity contribution < 1.29 is 13.9 Å². The van der Waals surface area contributed by atoms with Crippen molar-refractivity contribution in [3.63, 3.8) is 0 Å². The van der Waals surface area contributed by atoms with Gasteiger partial charge in [0.1, 0.15) is 23.2 Å². The van der Waals surface area contributed by atoms with Crippen LogP contribution in [0.1, 0.15) is 16.7 Å². The van der Waals surface area contributed by atoms with E-state index in [0.29, 0.717) is 28.4 Å². The van der Waals surface area contributed by atoms with Crippen LogP contribution in [0.3, 0.4) is 0 Å². The molecular formula is C24H18ClFN2O2. The summed E-state index contributed by atoms with van der Waals surface area (Å²) < 4.78 is 18.9. The molecule has 3 rings (SSSR count). The minimum Gasteiger partial charge on any atom is -0.496 e. The van der Waals surface area contributed by atoms with E-state index in [9.17, 15) is 14.4 Å². The number of hydrogen-bond acceptors (Lipinski definition) is 3. The molecule has 0 saturated carbocycles. The first kappa shape index (κ1) is 21.1. The molecule has 0 fully saturated rings. The Bertz CT molecular complexity index is 1130. The largest absolute Gasteiger partial charge is 0.496 e. The molecule has 0 atom stereocenters. The van der Waals surface area contributed by atoms with Crippen molar-refractivity contribution in [2.24, 2.45) is 0 Å². The third-order valence-electron chi connectivity index (χ3n) is 4.37.